The van der Waals surface area contributed by atoms with Crippen LogP contribution in [-0.2, 0) is 6.42 Å². The van der Waals surface area contributed by atoms with Crippen LogP contribution >= 0.6 is 11.8 Å². The van der Waals surface area contributed by atoms with Crippen LogP contribution in [0.4, 0.5) is 18.9 Å². The quantitative estimate of drug-likeness (QED) is 0.848. The van der Waals surface area contributed by atoms with Gasteiger partial charge in [0.2, 0.25) is 0 Å². The maximum absolute atomic E-state index is 11.9. The third-order valence-electron chi connectivity index (χ3n) is 2.64. The number of rotatable bonds is 4. The lowest BCUT2D eigenvalue weighted by atomic mass is 10.0. The summed E-state index contributed by atoms with van der Waals surface area (Å²) in [5.74, 6) is 0.558. The fourth-order valence-corrected chi connectivity index (χ4v) is 2.31. The summed E-state index contributed by atoms with van der Waals surface area (Å²) in [5, 5.41) is 3.23. The second-order valence-corrected chi connectivity index (χ2v) is 5.12. The van der Waals surface area contributed by atoms with Gasteiger partial charge in [-0.1, -0.05) is 12.1 Å². The van der Waals surface area contributed by atoms with Gasteiger partial charge in [-0.2, -0.15) is 13.2 Å². The number of hydrogen-bond donors (Lipinski definition) is 1. The normalized spacial score (nSPS) is 14.8. The molecule has 1 aliphatic rings. The van der Waals surface area contributed by atoms with Gasteiger partial charge in [0.15, 0.2) is 0 Å². The summed E-state index contributed by atoms with van der Waals surface area (Å²) >= 11 is -0.0552. The van der Waals surface area contributed by atoms with E-state index in [-0.39, 0.29) is 24.1 Å². The van der Waals surface area contributed by atoms with E-state index in [4.69, 9.17) is 4.74 Å². The van der Waals surface area contributed by atoms with Crippen molar-refractivity contribution < 1.29 is 17.9 Å². The Morgan fingerprint density at radius 2 is 2.17 bits per heavy atom. The second kappa shape index (κ2) is 5.73. The number of alkyl halides is 3. The Kier molecular flexibility index (Phi) is 4.27. The molecule has 0 unspecified atom stereocenters. The Bertz CT molecular complexity index is 409. The van der Waals surface area contributed by atoms with E-state index < -0.39 is 5.51 Å². The lowest BCUT2D eigenvalue weighted by molar-refractivity contribution is -0.0329. The SMILES string of the molecule is FC(F)(F)SCCOc1cccc2c1NCCC2. The average molecular weight is 277 g/mol. The highest BCUT2D eigenvalue weighted by Crippen LogP contribution is 2.33. The van der Waals surface area contributed by atoms with Gasteiger partial charge in [-0.25, -0.2) is 0 Å². The number of nitrogens with one attached hydrogen (secondary N) is 1. The first kappa shape index (κ1) is 13.4. The molecule has 6 heteroatoms. The molecule has 0 aliphatic carbocycles. The molecule has 18 heavy (non-hydrogen) atoms. The zero-order chi connectivity index (χ0) is 13.0. The van der Waals surface area contributed by atoms with Gasteiger partial charge in [0.25, 0.3) is 0 Å². The van der Waals surface area contributed by atoms with Gasteiger partial charge in [0.05, 0.1) is 12.3 Å². The van der Waals surface area contributed by atoms with E-state index in [1.807, 2.05) is 12.1 Å². The molecular weight excluding hydrogens is 263 g/mol. The molecule has 2 nitrogen and oxygen atoms in total. The first-order chi connectivity index (χ1) is 8.56. The van der Waals surface area contributed by atoms with E-state index >= 15 is 0 Å². The molecular formula is C12H14F3NOS. The Hall–Kier alpha value is -1.04. The number of thioether (sulfide) groups is 1. The molecule has 0 saturated heterocycles. The predicted octanol–water partition coefficient (Wildman–Crippen LogP) is 3.68. The van der Waals surface area contributed by atoms with Gasteiger partial charge in [0, 0.05) is 12.3 Å². The fourth-order valence-electron chi connectivity index (χ4n) is 1.91. The minimum absolute atomic E-state index is 0.0552. The summed E-state index contributed by atoms with van der Waals surface area (Å²) in [6.07, 6.45) is 2.05. The molecule has 1 N–H and O–H groups in total. The lowest BCUT2D eigenvalue weighted by Crippen LogP contribution is -2.14. The van der Waals surface area contributed by atoms with E-state index in [1.54, 1.807) is 6.07 Å². The predicted molar refractivity (Wildman–Crippen MR) is 67.3 cm³/mol. The molecule has 0 bridgehead atoms. The van der Waals surface area contributed by atoms with Crippen LogP contribution < -0.4 is 10.1 Å². The highest BCUT2D eigenvalue weighted by Gasteiger charge is 2.27. The van der Waals surface area contributed by atoms with Gasteiger partial charge in [-0.05, 0) is 36.2 Å². The number of halogens is 3. The zero-order valence-corrected chi connectivity index (χ0v) is 10.5. The minimum Gasteiger partial charge on any atom is -0.491 e. The molecule has 0 spiro atoms. The topological polar surface area (TPSA) is 21.3 Å². The van der Waals surface area contributed by atoms with Gasteiger partial charge in [-0.3, -0.25) is 0 Å². The number of benzene rings is 1. The van der Waals surface area contributed by atoms with Crippen molar-refractivity contribution in [2.45, 2.75) is 18.3 Å². The lowest BCUT2D eigenvalue weighted by Gasteiger charge is -2.21. The molecule has 100 valence electrons. The van der Waals surface area contributed by atoms with Crippen LogP contribution in [0, 0.1) is 0 Å². The van der Waals surface area contributed by atoms with Crippen LogP contribution in [0.2, 0.25) is 0 Å². The van der Waals surface area contributed by atoms with E-state index in [9.17, 15) is 13.2 Å². The Morgan fingerprint density at radius 3 is 2.94 bits per heavy atom. The van der Waals surface area contributed by atoms with Crippen LogP contribution in [0.1, 0.15) is 12.0 Å². The van der Waals surface area contributed by atoms with Crippen LogP contribution in [0.25, 0.3) is 0 Å². The Balaban J connectivity index is 1.90. The number of hydrogen-bond acceptors (Lipinski definition) is 3. The van der Waals surface area contributed by atoms with E-state index in [0.717, 1.165) is 25.1 Å². The monoisotopic (exact) mass is 277 g/mol. The van der Waals surface area contributed by atoms with Crippen LogP contribution in [0.3, 0.4) is 0 Å². The molecule has 0 aromatic heterocycles. The summed E-state index contributed by atoms with van der Waals surface area (Å²) in [4.78, 5) is 0. The average Bonchev–Trinajstić information content (AvgIpc) is 2.33. The number of anilines is 1. The van der Waals surface area contributed by atoms with Crippen LogP contribution in [-0.4, -0.2) is 24.4 Å². The molecule has 0 fully saturated rings. The molecule has 1 aliphatic heterocycles. The zero-order valence-electron chi connectivity index (χ0n) is 9.72. The van der Waals surface area contributed by atoms with E-state index in [1.165, 1.54) is 5.56 Å². The number of para-hydroxylation sites is 1. The summed E-state index contributed by atoms with van der Waals surface area (Å²) in [6.45, 7) is 0.937. The van der Waals surface area contributed by atoms with Crippen molar-refractivity contribution in [2.24, 2.45) is 0 Å². The largest absolute Gasteiger partial charge is 0.491 e. The third-order valence-corrected chi connectivity index (χ3v) is 3.34. The van der Waals surface area contributed by atoms with E-state index in [0.29, 0.717) is 5.75 Å². The second-order valence-electron chi connectivity index (χ2n) is 3.96. The van der Waals surface area contributed by atoms with Crippen molar-refractivity contribution in [3.05, 3.63) is 23.8 Å². The molecule has 0 atom stereocenters. The van der Waals surface area contributed by atoms with Crippen molar-refractivity contribution in [3.8, 4) is 5.75 Å². The molecule has 1 aromatic rings. The van der Waals surface area contributed by atoms with E-state index in [2.05, 4.69) is 5.32 Å². The van der Waals surface area contributed by atoms with Crippen molar-refractivity contribution in [3.63, 3.8) is 0 Å². The number of ether oxygens (including phenoxy) is 1. The standard InChI is InChI=1S/C12H14F3NOS/c13-12(14,15)18-8-7-17-10-5-1-3-9-4-2-6-16-11(9)10/h1,3,5,16H,2,4,6-8H2. The van der Waals surface area contributed by atoms with Crippen molar-refractivity contribution in [1.82, 2.24) is 0 Å². The maximum atomic E-state index is 11.9. The smallest absolute Gasteiger partial charge is 0.441 e. The molecule has 0 saturated carbocycles. The molecule has 1 heterocycles. The summed E-state index contributed by atoms with van der Waals surface area (Å²) < 4.78 is 41.3. The summed E-state index contributed by atoms with van der Waals surface area (Å²) in [5.41, 5.74) is -2.08. The third kappa shape index (κ3) is 3.73. The summed E-state index contributed by atoms with van der Waals surface area (Å²) in [6, 6.07) is 5.67. The molecule has 0 amide bonds. The van der Waals surface area contributed by atoms with Gasteiger partial charge in [0.1, 0.15) is 5.75 Å². The summed E-state index contributed by atoms with van der Waals surface area (Å²) in [7, 11) is 0. The van der Waals surface area contributed by atoms with Crippen molar-refractivity contribution >= 4 is 17.4 Å². The first-order valence-electron chi connectivity index (χ1n) is 5.75. The number of fused-ring (bicyclic) bond motifs is 1. The van der Waals surface area contributed by atoms with Gasteiger partial charge in [-0.15, -0.1) is 0 Å². The minimum atomic E-state index is -4.18. The highest BCUT2D eigenvalue weighted by atomic mass is 32.2. The molecule has 2 rings (SSSR count). The maximum Gasteiger partial charge on any atom is 0.441 e. The van der Waals surface area contributed by atoms with Crippen LogP contribution in [0.5, 0.6) is 5.75 Å². The Morgan fingerprint density at radius 1 is 1.33 bits per heavy atom. The fraction of sp³-hybridized carbons (Fsp3) is 0.500. The van der Waals surface area contributed by atoms with Gasteiger partial charge < -0.3 is 10.1 Å². The first-order valence-corrected chi connectivity index (χ1v) is 6.74. The van der Waals surface area contributed by atoms with Crippen molar-refractivity contribution in [1.29, 1.82) is 0 Å². The van der Waals surface area contributed by atoms with Gasteiger partial charge >= 0.3 is 5.51 Å². The number of aryl methyl sites for hydroxylation is 1. The molecule has 1 aromatic carbocycles. The Labute approximate surface area is 108 Å². The highest BCUT2D eigenvalue weighted by molar-refractivity contribution is 8.00. The van der Waals surface area contributed by atoms with Crippen LogP contribution in [0.15, 0.2) is 18.2 Å². The van der Waals surface area contributed by atoms with Crippen molar-refractivity contribution in [2.75, 3.05) is 24.2 Å². The molecule has 0 radical (unpaired) electrons.